The normalized spacial score (nSPS) is 22.0. The Morgan fingerprint density at radius 2 is 1.82 bits per heavy atom. The highest BCUT2D eigenvalue weighted by Crippen LogP contribution is 2.43. The van der Waals surface area contributed by atoms with Gasteiger partial charge in [-0.2, -0.15) is 0 Å². The van der Waals surface area contributed by atoms with E-state index in [4.69, 9.17) is 14.6 Å². The third-order valence-electron chi connectivity index (χ3n) is 6.80. The van der Waals surface area contributed by atoms with Crippen LogP contribution >= 0.6 is 0 Å². The molecular weight excluding hydrogens is 426 g/mol. The average Bonchev–Trinajstić information content (AvgIpc) is 3.58. The minimum atomic E-state index is -0.411. The Morgan fingerprint density at radius 1 is 1.15 bits per heavy atom. The number of cyclic esters (lactones) is 1. The summed E-state index contributed by atoms with van der Waals surface area (Å²) >= 11 is 0. The highest BCUT2D eigenvalue weighted by Gasteiger charge is 2.51. The largest absolute Gasteiger partial charge is 0.483 e. The van der Waals surface area contributed by atoms with E-state index in [0.29, 0.717) is 31.5 Å². The van der Waals surface area contributed by atoms with Crippen LogP contribution in [0.2, 0.25) is 0 Å². The van der Waals surface area contributed by atoms with Gasteiger partial charge in [-0.25, -0.2) is 0 Å². The van der Waals surface area contributed by atoms with Gasteiger partial charge in [-0.3, -0.25) is 23.9 Å². The topological polar surface area (TPSA) is 118 Å². The number of ether oxygens (including phenoxy) is 1. The molecule has 3 saturated heterocycles. The number of carbonyl (C=O) groups excluding carboxylic acids is 2. The molecule has 1 spiro atoms. The summed E-state index contributed by atoms with van der Waals surface area (Å²) in [4.78, 5) is 38.4. The van der Waals surface area contributed by atoms with E-state index in [1.165, 1.54) is 12.8 Å². The predicted octanol–water partition coefficient (Wildman–Crippen LogP) is 1.60. The molecule has 33 heavy (non-hydrogen) atoms. The van der Waals surface area contributed by atoms with E-state index in [-0.39, 0.29) is 24.5 Å². The first kappa shape index (κ1) is 22.9. The van der Waals surface area contributed by atoms with Gasteiger partial charge in [0.25, 0.3) is 12.4 Å². The first-order valence-electron chi connectivity index (χ1n) is 11.3. The maximum Gasteiger partial charge on any atom is 0.312 e. The maximum atomic E-state index is 13.1. The summed E-state index contributed by atoms with van der Waals surface area (Å²) in [5, 5.41) is 14.5. The Hall–Kier alpha value is -3.27. The Labute approximate surface area is 192 Å². The van der Waals surface area contributed by atoms with Crippen molar-refractivity contribution in [2.24, 2.45) is 5.41 Å². The Morgan fingerprint density at radius 3 is 2.48 bits per heavy atom. The minimum Gasteiger partial charge on any atom is -0.483 e. The predicted molar refractivity (Wildman–Crippen MR) is 118 cm³/mol. The summed E-state index contributed by atoms with van der Waals surface area (Å²) in [6.45, 7) is 3.99. The van der Waals surface area contributed by atoms with Crippen LogP contribution in [-0.2, 0) is 14.3 Å². The van der Waals surface area contributed by atoms with Gasteiger partial charge in [-0.05, 0) is 57.0 Å². The van der Waals surface area contributed by atoms with Gasteiger partial charge in [-0.15, -0.1) is 10.2 Å². The number of aromatic nitrogens is 3. The van der Waals surface area contributed by atoms with Crippen LogP contribution in [0.25, 0.3) is 5.69 Å². The highest BCUT2D eigenvalue weighted by molar-refractivity contribution is 5.95. The number of carbonyl (C=O) groups is 3. The number of hydrogen-bond donors (Lipinski definition) is 1. The molecule has 0 saturated carbocycles. The van der Waals surface area contributed by atoms with Crippen molar-refractivity contribution in [1.82, 2.24) is 24.6 Å². The number of hydrogen-bond acceptors (Lipinski definition) is 7. The van der Waals surface area contributed by atoms with Crippen molar-refractivity contribution in [2.45, 2.75) is 38.2 Å². The average molecular weight is 456 g/mol. The number of amides is 1. The van der Waals surface area contributed by atoms with E-state index in [1.54, 1.807) is 17.2 Å². The molecule has 2 aromatic rings. The van der Waals surface area contributed by atoms with Gasteiger partial charge in [0.1, 0.15) is 18.8 Å². The summed E-state index contributed by atoms with van der Waals surface area (Å²) in [7, 11) is 0. The van der Waals surface area contributed by atoms with Gasteiger partial charge in [0, 0.05) is 37.3 Å². The lowest BCUT2D eigenvalue weighted by Gasteiger charge is -2.36. The van der Waals surface area contributed by atoms with Gasteiger partial charge >= 0.3 is 5.97 Å². The van der Waals surface area contributed by atoms with Crippen LogP contribution in [0.1, 0.15) is 42.5 Å². The molecule has 4 heterocycles. The highest BCUT2D eigenvalue weighted by atomic mass is 16.6. The van der Waals surface area contributed by atoms with Crippen molar-refractivity contribution >= 4 is 18.3 Å². The van der Waals surface area contributed by atoms with Gasteiger partial charge in [-0.1, -0.05) is 6.07 Å². The van der Waals surface area contributed by atoms with Crippen molar-refractivity contribution in [3.05, 3.63) is 42.5 Å². The number of esters is 1. The molecule has 0 radical (unpaired) electrons. The number of nitrogens with zero attached hydrogens (tertiary/aromatic N) is 5. The van der Waals surface area contributed by atoms with Gasteiger partial charge in [0.15, 0.2) is 0 Å². The summed E-state index contributed by atoms with van der Waals surface area (Å²) in [6.07, 6.45) is 7.84. The second kappa shape index (κ2) is 10.1. The summed E-state index contributed by atoms with van der Waals surface area (Å²) in [5.74, 6) is -0.0619. The van der Waals surface area contributed by atoms with Crippen molar-refractivity contribution in [1.29, 1.82) is 0 Å². The van der Waals surface area contributed by atoms with Crippen molar-refractivity contribution < 1.29 is 24.2 Å². The van der Waals surface area contributed by atoms with Crippen molar-refractivity contribution in [3.63, 3.8) is 0 Å². The maximum absolute atomic E-state index is 13.1. The monoisotopic (exact) mass is 455 g/mol. The first-order chi connectivity index (χ1) is 16.0. The standard InChI is InChI=1S/C22H27N5O3.CH2O2/c28-20(17-4-3-5-18(12-17)27-15-23-24-16-27)26-10-6-22(7-11-26)13-19(30-21(22)29)14-25-8-1-2-9-25;2-1-3/h3-5,12,15-16,19H,1-2,6-11,13-14H2;1H,(H,2,3). The molecule has 10 nitrogen and oxygen atoms in total. The van der Waals surface area contributed by atoms with Crippen LogP contribution in [0.5, 0.6) is 0 Å². The van der Waals surface area contributed by atoms with Crippen molar-refractivity contribution in [3.8, 4) is 5.69 Å². The fourth-order valence-corrected chi connectivity index (χ4v) is 5.05. The third-order valence-corrected chi connectivity index (χ3v) is 6.80. The smallest absolute Gasteiger partial charge is 0.312 e. The van der Waals surface area contributed by atoms with Gasteiger partial charge < -0.3 is 14.7 Å². The van der Waals surface area contributed by atoms with Crippen LogP contribution in [0, 0.1) is 5.41 Å². The van der Waals surface area contributed by atoms with Crippen LogP contribution in [0.4, 0.5) is 0 Å². The van der Waals surface area contributed by atoms with Gasteiger partial charge in [0.2, 0.25) is 0 Å². The lowest BCUT2D eigenvalue weighted by Crippen LogP contribution is -2.45. The molecule has 1 aromatic heterocycles. The number of carboxylic acid groups (broad SMARTS) is 1. The molecule has 10 heteroatoms. The molecule has 1 N–H and O–H groups in total. The molecule has 3 aliphatic rings. The van der Waals surface area contributed by atoms with Crippen LogP contribution in [0.3, 0.4) is 0 Å². The van der Waals surface area contributed by atoms with Gasteiger partial charge in [0.05, 0.1) is 5.41 Å². The summed E-state index contributed by atoms with van der Waals surface area (Å²) < 4.78 is 7.53. The molecule has 1 atom stereocenters. The fourth-order valence-electron chi connectivity index (χ4n) is 5.05. The molecule has 1 amide bonds. The van der Waals surface area contributed by atoms with Crippen LogP contribution in [-0.4, -0.2) is 86.8 Å². The number of piperidine rings is 1. The lowest BCUT2D eigenvalue weighted by atomic mass is 9.76. The molecule has 176 valence electrons. The number of likely N-dealkylation sites (tertiary alicyclic amines) is 2. The van der Waals surface area contributed by atoms with E-state index in [0.717, 1.165) is 31.7 Å². The van der Waals surface area contributed by atoms with E-state index < -0.39 is 5.41 Å². The Bertz CT molecular complexity index is 965. The quantitative estimate of drug-likeness (QED) is 0.546. The number of benzene rings is 1. The zero-order valence-corrected chi connectivity index (χ0v) is 18.5. The fraction of sp³-hybridized carbons (Fsp3) is 0.522. The van der Waals surface area contributed by atoms with E-state index >= 15 is 0 Å². The molecule has 3 aliphatic heterocycles. The molecule has 0 bridgehead atoms. The minimum absolute atomic E-state index is 0.000226. The van der Waals surface area contributed by atoms with Crippen LogP contribution < -0.4 is 0 Å². The van der Waals surface area contributed by atoms with E-state index in [1.807, 2.05) is 29.2 Å². The summed E-state index contributed by atoms with van der Waals surface area (Å²) in [6, 6.07) is 7.47. The second-order valence-corrected chi connectivity index (χ2v) is 8.84. The van der Waals surface area contributed by atoms with Crippen LogP contribution in [0.15, 0.2) is 36.9 Å². The SMILES string of the molecule is O=C(c1cccc(-n2cnnc2)c1)N1CCC2(CC1)CC(CN1CCCC1)OC2=O.O=CO. The molecule has 1 aromatic carbocycles. The zero-order chi connectivity index (χ0) is 23.3. The molecule has 0 aliphatic carbocycles. The third kappa shape index (κ3) is 5.05. The van der Waals surface area contributed by atoms with E-state index in [2.05, 4.69) is 15.1 Å². The lowest BCUT2D eigenvalue weighted by molar-refractivity contribution is -0.151. The molecule has 3 fully saturated rings. The summed E-state index contributed by atoms with van der Waals surface area (Å²) in [5.41, 5.74) is 1.08. The molecule has 1 unspecified atom stereocenters. The van der Waals surface area contributed by atoms with Crippen molar-refractivity contribution in [2.75, 3.05) is 32.7 Å². The first-order valence-corrected chi connectivity index (χ1v) is 11.3. The second-order valence-electron chi connectivity index (χ2n) is 8.84. The Balaban J connectivity index is 0.000000821. The number of rotatable bonds is 4. The molecular formula is C23H29N5O5. The Kier molecular flexibility index (Phi) is 7.02. The molecule has 5 rings (SSSR count). The van der Waals surface area contributed by atoms with E-state index in [9.17, 15) is 9.59 Å². The zero-order valence-electron chi connectivity index (χ0n) is 18.5.